The summed E-state index contributed by atoms with van der Waals surface area (Å²) in [6.45, 7) is 3.54. The molecule has 0 spiro atoms. The third-order valence-corrected chi connectivity index (χ3v) is 4.06. The number of rotatable bonds is 4. The Bertz CT molecular complexity index is 852. The minimum absolute atomic E-state index is 0.113. The maximum Gasteiger partial charge on any atom is 0.323 e. The summed E-state index contributed by atoms with van der Waals surface area (Å²) in [6, 6.07) is 13.2. The minimum Gasteiger partial charge on any atom is -0.480 e. The quantitative estimate of drug-likeness (QED) is 0.868. The molecule has 5 nitrogen and oxygen atoms in total. The van der Waals surface area contributed by atoms with Crippen LogP contribution < -0.4 is 9.64 Å². The molecule has 1 N–H and O–H groups in total. The predicted molar refractivity (Wildman–Crippen MR) is 95.6 cm³/mol. The van der Waals surface area contributed by atoms with Crippen molar-refractivity contribution in [3.05, 3.63) is 64.9 Å². The first-order valence-corrected chi connectivity index (χ1v) is 8.10. The molecule has 0 aliphatic carbocycles. The second-order valence-corrected chi connectivity index (χ2v) is 5.96. The largest absolute Gasteiger partial charge is 0.480 e. The van der Waals surface area contributed by atoms with E-state index in [-0.39, 0.29) is 5.76 Å². The molecule has 0 bridgehead atoms. The van der Waals surface area contributed by atoms with Crippen molar-refractivity contribution in [1.29, 1.82) is 0 Å². The molecule has 128 valence electrons. The van der Waals surface area contributed by atoms with E-state index in [4.69, 9.17) is 9.84 Å². The number of fused-ring (bicyclic) bond motifs is 1. The van der Waals surface area contributed by atoms with Gasteiger partial charge in [0.25, 0.3) is 5.91 Å². The Labute approximate surface area is 146 Å². The Morgan fingerprint density at radius 3 is 2.56 bits per heavy atom. The van der Waals surface area contributed by atoms with Gasteiger partial charge < -0.3 is 9.84 Å². The predicted octanol–water partition coefficient (Wildman–Crippen LogP) is 3.41. The number of carboxylic acid groups (broad SMARTS) is 1. The van der Waals surface area contributed by atoms with Gasteiger partial charge in [0.2, 0.25) is 0 Å². The van der Waals surface area contributed by atoms with E-state index in [9.17, 15) is 9.59 Å². The van der Waals surface area contributed by atoms with Crippen molar-refractivity contribution in [2.45, 2.75) is 20.3 Å². The Kier molecular flexibility index (Phi) is 4.57. The first-order valence-electron chi connectivity index (χ1n) is 8.10. The Morgan fingerprint density at radius 2 is 1.92 bits per heavy atom. The van der Waals surface area contributed by atoms with Crippen LogP contribution in [0.15, 0.2) is 48.2 Å². The molecule has 0 radical (unpaired) electrons. The molecule has 0 atom stereocenters. The summed E-state index contributed by atoms with van der Waals surface area (Å²) >= 11 is 0. The zero-order chi connectivity index (χ0) is 18.0. The van der Waals surface area contributed by atoms with Crippen molar-refractivity contribution in [2.24, 2.45) is 0 Å². The second-order valence-electron chi connectivity index (χ2n) is 5.96. The van der Waals surface area contributed by atoms with Gasteiger partial charge in [0, 0.05) is 0 Å². The maximum atomic E-state index is 12.7. The number of benzene rings is 2. The van der Waals surface area contributed by atoms with Gasteiger partial charge in [-0.25, -0.2) is 0 Å². The van der Waals surface area contributed by atoms with Crippen molar-refractivity contribution >= 4 is 23.6 Å². The maximum absolute atomic E-state index is 12.7. The molecule has 1 aliphatic rings. The van der Waals surface area contributed by atoms with Gasteiger partial charge in [-0.15, -0.1) is 0 Å². The number of aliphatic carboxylic acids is 1. The van der Waals surface area contributed by atoms with E-state index in [2.05, 4.69) is 6.92 Å². The molecule has 25 heavy (non-hydrogen) atoms. The number of ether oxygens (including phenoxy) is 1. The standard InChI is InChI=1S/C20H19NO4/c1-3-14-5-7-15(8-6-14)11-18-20(24)21(12-19(22)23)16-10-13(2)4-9-17(16)25-18/h4-11H,3,12H2,1-2H3,(H,22,23)/b18-11+. The van der Waals surface area contributed by atoms with E-state index in [1.165, 1.54) is 10.5 Å². The first kappa shape index (κ1) is 16.8. The fraction of sp³-hybridized carbons (Fsp3) is 0.200. The second kappa shape index (κ2) is 6.81. The van der Waals surface area contributed by atoms with Crippen LogP contribution in [0.3, 0.4) is 0 Å². The molecule has 2 aromatic carbocycles. The molecule has 0 saturated heterocycles. The summed E-state index contributed by atoms with van der Waals surface area (Å²) in [5.74, 6) is -0.945. The first-order chi connectivity index (χ1) is 12.0. The number of carbonyl (C=O) groups is 2. The normalized spacial score (nSPS) is 15.0. The summed E-state index contributed by atoms with van der Waals surface area (Å²) < 4.78 is 5.75. The number of amides is 1. The molecule has 1 heterocycles. The van der Waals surface area contributed by atoms with Gasteiger partial charge in [-0.05, 0) is 48.2 Å². The molecule has 0 fully saturated rings. The summed E-state index contributed by atoms with van der Waals surface area (Å²) in [5.41, 5.74) is 3.43. The van der Waals surface area contributed by atoms with E-state index >= 15 is 0 Å². The van der Waals surface area contributed by atoms with Gasteiger partial charge in [-0.1, -0.05) is 37.3 Å². The lowest BCUT2D eigenvalue weighted by atomic mass is 10.1. The van der Waals surface area contributed by atoms with Gasteiger partial charge in [-0.3, -0.25) is 14.5 Å². The van der Waals surface area contributed by atoms with Crippen molar-refractivity contribution in [3.8, 4) is 5.75 Å². The average molecular weight is 337 g/mol. The number of aryl methyl sites for hydroxylation is 2. The Hall–Kier alpha value is -3.08. The number of carboxylic acids is 1. The minimum atomic E-state index is -1.07. The molecule has 1 amide bonds. The SMILES string of the molecule is CCc1ccc(/C=C2/Oc3ccc(C)cc3N(CC(=O)O)C2=O)cc1. The molecule has 0 saturated carbocycles. The van der Waals surface area contributed by atoms with Crippen LogP contribution in [0.5, 0.6) is 5.75 Å². The van der Waals surface area contributed by atoms with Crippen molar-refractivity contribution < 1.29 is 19.4 Å². The molecular weight excluding hydrogens is 318 g/mol. The average Bonchev–Trinajstić information content (AvgIpc) is 2.59. The Balaban J connectivity index is 2.01. The monoisotopic (exact) mass is 337 g/mol. The van der Waals surface area contributed by atoms with Crippen LogP contribution >= 0.6 is 0 Å². The molecule has 0 unspecified atom stereocenters. The fourth-order valence-corrected chi connectivity index (χ4v) is 2.71. The molecule has 2 aromatic rings. The van der Waals surface area contributed by atoms with Crippen LogP contribution in [-0.4, -0.2) is 23.5 Å². The molecule has 5 heteroatoms. The van der Waals surface area contributed by atoms with Gasteiger partial charge in [0.05, 0.1) is 5.69 Å². The van der Waals surface area contributed by atoms with Crippen molar-refractivity contribution in [2.75, 3.05) is 11.4 Å². The van der Waals surface area contributed by atoms with Gasteiger partial charge in [-0.2, -0.15) is 0 Å². The summed E-state index contributed by atoms with van der Waals surface area (Å²) in [4.78, 5) is 25.2. The van der Waals surface area contributed by atoms with Crippen LogP contribution in [0.2, 0.25) is 0 Å². The van der Waals surface area contributed by atoms with Crippen LogP contribution in [0.4, 0.5) is 5.69 Å². The Morgan fingerprint density at radius 1 is 1.20 bits per heavy atom. The number of anilines is 1. The highest BCUT2D eigenvalue weighted by molar-refractivity contribution is 6.11. The third-order valence-electron chi connectivity index (χ3n) is 4.06. The van der Waals surface area contributed by atoms with E-state index in [0.29, 0.717) is 11.4 Å². The lowest BCUT2D eigenvalue weighted by molar-refractivity contribution is -0.136. The third kappa shape index (κ3) is 3.55. The molecule has 3 rings (SSSR count). The zero-order valence-electron chi connectivity index (χ0n) is 14.2. The molecule has 0 aromatic heterocycles. The number of hydrogen-bond acceptors (Lipinski definition) is 3. The molecular formula is C20H19NO4. The van der Waals surface area contributed by atoms with E-state index in [1.807, 2.05) is 37.3 Å². The van der Waals surface area contributed by atoms with Crippen LogP contribution in [0.25, 0.3) is 6.08 Å². The number of hydrogen-bond donors (Lipinski definition) is 1. The highest BCUT2D eigenvalue weighted by Gasteiger charge is 2.31. The zero-order valence-corrected chi connectivity index (χ0v) is 14.2. The number of nitrogens with zero attached hydrogens (tertiary/aromatic N) is 1. The van der Waals surface area contributed by atoms with Crippen LogP contribution in [0, 0.1) is 6.92 Å². The lowest BCUT2D eigenvalue weighted by Crippen LogP contribution is -2.40. The van der Waals surface area contributed by atoms with Crippen LogP contribution in [-0.2, 0) is 16.0 Å². The van der Waals surface area contributed by atoms with Crippen LogP contribution in [0.1, 0.15) is 23.6 Å². The van der Waals surface area contributed by atoms with Crippen molar-refractivity contribution in [1.82, 2.24) is 0 Å². The topological polar surface area (TPSA) is 66.8 Å². The van der Waals surface area contributed by atoms with Gasteiger partial charge in [0.15, 0.2) is 11.5 Å². The summed E-state index contributed by atoms with van der Waals surface area (Å²) in [7, 11) is 0. The van der Waals surface area contributed by atoms with E-state index in [0.717, 1.165) is 17.5 Å². The highest BCUT2D eigenvalue weighted by Crippen LogP contribution is 2.36. The fourth-order valence-electron chi connectivity index (χ4n) is 2.71. The summed E-state index contributed by atoms with van der Waals surface area (Å²) in [6.07, 6.45) is 2.57. The number of carbonyl (C=O) groups excluding carboxylic acids is 1. The summed E-state index contributed by atoms with van der Waals surface area (Å²) in [5, 5.41) is 9.16. The van der Waals surface area contributed by atoms with Gasteiger partial charge in [0.1, 0.15) is 6.54 Å². The van der Waals surface area contributed by atoms with E-state index in [1.54, 1.807) is 18.2 Å². The lowest BCUT2D eigenvalue weighted by Gasteiger charge is -2.29. The molecule has 1 aliphatic heterocycles. The van der Waals surface area contributed by atoms with Gasteiger partial charge >= 0.3 is 5.97 Å². The van der Waals surface area contributed by atoms with Crippen molar-refractivity contribution in [3.63, 3.8) is 0 Å². The van der Waals surface area contributed by atoms with E-state index < -0.39 is 18.4 Å². The smallest absolute Gasteiger partial charge is 0.323 e. The highest BCUT2D eigenvalue weighted by atomic mass is 16.5.